The number of allylic oxidation sites excluding steroid dienone is 2. The standard InChI is InChI=1S/C23H21Cl2N3O3S/c1-15(29)28-23(20-4-2-3-5-21(20)25)14-22(26-28)16-6-10-18(11-7-16)27-32(30,31)19-12-8-17(24)9-13-19/h2-10,12-13,18,23,27H,11,14H2,1H3. The van der Waals surface area contributed by atoms with E-state index in [0.29, 0.717) is 22.9 Å². The van der Waals surface area contributed by atoms with Crippen molar-refractivity contribution in [2.24, 2.45) is 5.10 Å². The lowest BCUT2D eigenvalue weighted by molar-refractivity contribution is -0.130. The van der Waals surface area contributed by atoms with Gasteiger partial charge in [0.1, 0.15) is 0 Å². The van der Waals surface area contributed by atoms with Crippen LogP contribution in [0.25, 0.3) is 0 Å². The van der Waals surface area contributed by atoms with E-state index in [-0.39, 0.29) is 22.9 Å². The molecule has 0 saturated carbocycles. The molecule has 2 atom stereocenters. The van der Waals surface area contributed by atoms with Crippen molar-refractivity contribution in [3.05, 3.63) is 87.9 Å². The van der Waals surface area contributed by atoms with Gasteiger partial charge in [-0.2, -0.15) is 5.10 Å². The maximum absolute atomic E-state index is 12.6. The van der Waals surface area contributed by atoms with Crippen molar-refractivity contribution < 1.29 is 13.2 Å². The molecule has 2 aromatic rings. The number of halogens is 2. The summed E-state index contributed by atoms with van der Waals surface area (Å²) in [4.78, 5) is 12.3. The molecule has 2 unspecified atom stereocenters. The number of nitrogens with zero attached hydrogens (tertiary/aromatic N) is 2. The van der Waals surface area contributed by atoms with Crippen molar-refractivity contribution in [2.75, 3.05) is 0 Å². The number of hydrogen-bond donors (Lipinski definition) is 1. The zero-order chi connectivity index (χ0) is 22.9. The van der Waals surface area contributed by atoms with Crippen LogP contribution in [0.5, 0.6) is 0 Å². The Hall–Kier alpha value is -2.45. The summed E-state index contributed by atoms with van der Waals surface area (Å²) in [7, 11) is -3.67. The summed E-state index contributed by atoms with van der Waals surface area (Å²) in [6.07, 6.45) is 6.56. The van der Waals surface area contributed by atoms with E-state index in [1.54, 1.807) is 24.3 Å². The monoisotopic (exact) mass is 489 g/mol. The summed E-state index contributed by atoms with van der Waals surface area (Å²) in [6, 6.07) is 12.8. The Bertz CT molecular complexity index is 1240. The lowest BCUT2D eigenvalue weighted by Gasteiger charge is -2.21. The average Bonchev–Trinajstić information content (AvgIpc) is 3.20. The highest BCUT2D eigenvalue weighted by Gasteiger charge is 2.33. The van der Waals surface area contributed by atoms with Crippen molar-refractivity contribution in [2.45, 2.75) is 36.7 Å². The highest BCUT2D eigenvalue weighted by atomic mass is 35.5. The third-order valence-electron chi connectivity index (χ3n) is 5.36. The van der Waals surface area contributed by atoms with Gasteiger partial charge in [-0.3, -0.25) is 4.79 Å². The molecule has 0 radical (unpaired) electrons. The third kappa shape index (κ3) is 4.81. The van der Waals surface area contributed by atoms with Crippen LogP contribution in [-0.4, -0.2) is 31.1 Å². The van der Waals surface area contributed by atoms with Crippen LogP contribution in [-0.2, 0) is 14.8 Å². The first kappa shape index (κ1) is 22.7. The normalized spacial score (nSPS) is 20.8. The van der Waals surface area contributed by atoms with E-state index in [1.807, 2.05) is 30.4 Å². The van der Waals surface area contributed by atoms with Gasteiger partial charge in [0.25, 0.3) is 0 Å². The number of nitrogens with one attached hydrogen (secondary N) is 1. The number of rotatable bonds is 5. The van der Waals surface area contributed by atoms with E-state index >= 15 is 0 Å². The maximum atomic E-state index is 12.6. The fourth-order valence-electron chi connectivity index (χ4n) is 3.77. The van der Waals surface area contributed by atoms with Crippen LogP contribution >= 0.6 is 23.2 Å². The van der Waals surface area contributed by atoms with Crippen LogP contribution in [0.15, 0.2) is 82.3 Å². The van der Waals surface area contributed by atoms with Gasteiger partial charge in [0.2, 0.25) is 15.9 Å². The van der Waals surface area contributed by atoms with E-state index in [1.165, 1.54) is 24.1 Å². The quantitative estimate of drug-likeness (QED) is 0.649. The molecule has 0 saturated heterocycles. The predicted octanol–water partition coefficient (Wildman–Crippen LogP) is 4.88. The van der Waals surface area contributed by atoms with Crippen molar-refractivity contribution in [3.8, 4) is 0 Å². The number of carbonyl (C=O) groups excluding carboxylic acids is 1. The summed E-state index contributed by atoms with van der Waals surface area (Å²) in [5.74, 6) is -0.168. The van der Waals surface area contributed by atoms with Crippen LogP contribution in [0.4, 0.5) is 0 Å². The number of carbonyl (C=O) groups is 1. The van der Waals surface area contributed by atoms with Gasteiger partial charge >= 0.3 is 0 Å². The smallest absolute Gasteiger partial charge is 0.241 e. The SMILES string of the molecule is CC(=O)N1N=C(C2=CCC(NS(=O)(=O)c3ccc(Cl)cc3)C=C2)CC1c1ccccc1Cl. The number of hydrogen-bond acceptors (Lipinski definition) is 4. The van der Waals surface area contributed by atoms with Gasteiger partial charge in [-0.25, -0.2) is 18.1 Å². The van der Waals surface area contributed by atoms with Crippen molar-refractivity contribution in [3.63, 3.8) is 0 Å². The molecule has 0 aromatic heterocycles. The number of amides is 1. The Balaban J connectivity index is 1.48. The van der Waals surface area contributed by atoms with Gasteiger partial charge in [-0.1, -0.05) is 59.6 Å². The Morgan fingerprint density at radius 2 is 1.84 bits per heavy atom. The molecule has 0 spiro atoms. The van der Waals surface area contributed by atoms with Gasteiger partial charge in [0.15, 0.2) is 0 Å². The fraction of sp³-hybridized carbons (Fsp3) is 0.217. The molecule has 4 rings (SSSR count). The van der Waals surface area contributed by atoms with E-state index in [4.69, 9.17) is 23.2 Å². The summed E-state index contributed by atoms with van der Waals surface area (Å²) >= 11 is 12.2. The lowest BCUT2D eigenvalue weighted by atomic mass is 9.94. The lowest BCUT2D eigenvalue weighted by Crippen LogP contribution is -2.34. The first-order valence-corrected chi connectivity index (χ1v) is 12.3. The molecule has 1 amide bonds. The fourth-order valence-corrected chi connectivity index (χ4v) is 5.36. The second-order valence-corrected chi connectivity index (χ2v) is 10.1. The Labute approximate surface area is 197 Å². The molecule has 2 aromatic carbocycles. The number of hydrazone groups is 1. The molecule has 0 bridgehead atoms. The molecular formula is C23H21Cl2N3O3S. The van der Waals surface area contributed by atoms with Gasteiger partial charge in [-0.05, 0) is 47.9 Å². The van der Waals surface area contributed by atoms with Crippen LogP contribution < -0.4 is 4.72 Å². The Morgan fingerprint density at radius 1 is 1.12 bits per heavy atom. The van der Waals surface area contributed by atoms with Crippen LogP contribution in [0.1, 0.15) is 31.4 Å². The molecule has 1 heterocycles. The second kappa shape index (κ2) is 9.19. The van der Waals surface area contributed by atoms with Gasteiger partial charge in [-0.15, -0.1) is 0 Å². The molecule has 1 aliphatic heterocycles. The van der Waals surface area contributed by atoms with Gasteiger partial charge < -0.3 is 0 Å². The predicted molar refractivity (Wildman–Crippen MR) is 126 cm³/mol. The molecule has 166 valence electrons. The summed E-state index contributed by atoms with van der Waals surface area (Å²) in [5, 5.41) is 7.06. The number of sulfonamides is 1. The van der Waals surface area contributed by atoms with Crippen LogP contribution in [0.2, 0.25) is 10.0 Å². The van der Waals surface area contributed by atoms with E-state index < -0.39 is 10.0 Å². The van der Waals surface area contributed by atoms with Crippen LogP contribution in [0, 0.1) is 0 Å². The maximum Gasteiger partial charge on any atom is 0.241 e. The molecule has 2 aliphatic rings. The molecule has 1 aliphatic carbocycles. The summed E-state index contributed by atoms with van der Waals surface area (Å²) in [6.45, 7) is 1.48. The topological polar surface area (TPSA) is 78.8 Å². The largest absolute Gasteiger partial charge is 0.273 e. The Kier molecular flexibility index (Phi) is 6.53. The molecule has 6 nitrogen and oxygen atoms in total. The Morgan fingerprint density at radius 3 is 2.47 bits per heavy atom. The van der Waals surface area contributed by atoms with Crippen LogP contribution in [0.3, 0.4) is 0 Å². The molecule has 32 heavy (non-hydrogen) atoms. The van der Waals surface area contributed by atoms with E-state index in [0.717, 1.165) is 16.8 Å². The molecule has 9 heteroatoms. The van der Waals surface area contributed by atoms with Crippen molar-refractivity contribution >= 4 is 44.8 Å². The minimum atomic E-state index is -3.67. The molecule has 1 N–H and O–H groups in total. The zero-order valence-corrected chi connectivity index (χ0v) is 19.5. The molecule has 0 fully saturated rings. The minimum absolute atomic E-state index is 0.157. The van der Waals surface area contributed by atoms with E-state index in [9.17, 15) is 13.2 Å². The first-order valence-electron chi connectivity index (χ1n) is 10.0. The average molecular weight is 490 g/mol. The zero-order valence-electron chi connectivity index (χ0n) is 17.2. The van der Waals surface area contributed by atoms with Crippen molar-refractivity contribution in [1.29, 1.82) is 0 Å². The highest BCUT2D eigenvalue weighted by Crippen LogP contribution is 2.36. The summed E-state index contributed by atoms with van der Waals surface area (Å²) in [5.41, 5.74) is 2.48. The third-order valence-corrected chi connectivity index (χ3v) is 7.46. The number of benzene rings is 2. The second-order valence-electron chi connectivity index (χ2n) is 7.59. The summed E-state index contributed by atoms with van der Waals surface area (Å²) < 4.78 is 27.9. The van der Waals surface area contributed by atoms with Gasteiger partial charge in [0, 0.05) is 29.4 Å². The molecular weight excluding hydrogens is 469 g/mol. The van der Waals surface area contributed by atoms with Gasteiger partial charge in [0.05, 0.1) is 16.6 Å². The van der Waals surface area contributed by atoms with E-state index in [2.05, 4.69) is 9.82 Å². The van der Waals surface area contributed by atoms with Crippen molar-refractivity contribution in [1.82, 2.24) is 9.73 Å². The first-order chi connectivity index (χ1) is 15.2. The minimum Gasteiger partial charge on any atom is -0.273 e. The highest BCUT2D eigenvalue weighted by molar-refractivity contribution is 7.89.